The lowest BCUT2D eigenvalue weighted by Gasteiger charge is -2.36. The molecule has 29 heavy (non-hydrogen) atoms. The fourth-order valence-electron chi connectivity index (χ4n) is 2.72. The van der Waals surface area contributed by atoms with E-state index in [-0.39, 0.29) is 5.04 Å². The van der Waals surface area contributed by atoms with Crippen LogP contribution >= 0.6 is 0 Å². The van der Waals surface area contributed by atoms with E-state index < -0.39 is 18.3 Å². The van der Waals surface area contributed by atoms with Crippen LogP contribution in [0.1, 0.15) is 38.3 Å². The van der Waals surface area contributed by atoms with Crippen molar-refractivity contribution in [1.29, 1.82) is 0 Å². The van der Waals surface area contributed by atoms with Gasteiger partial charge >= 0.3 is 0 Å². The molecular weight excluding hydrogens is 398 g/mol. The van der Waals surface area contributed by atoms with Crippen molar-refractivity contribution in [3.05, 3.63) is 65.7 Å². The van der Waals surface area contributed by atoms with Crippen molar-refractivity contribution in [3.63, 3.8) is 0 Å². The summed E-state index contributed by atoms with van der Waals surface area (Å²) in [4.78, 5) is 0.337. The third kappa shape index (κ3) is 6.51. The highest BCUT2D eigenvalue weighted by Crippen LogP contribution is 2.36. The molecule has 2 rings (SSSR count). The van der Waals surface area contributed by atoms with Crippen molar-refractivity contribution in [2.75, 3.05) is 13.2 Å². The van der Waals surface area contributed by atoms with Crippen LogP contribution in [0.15, 0.2) is 59.5 Å². The summed E-state index contributed by atoms with van der Waals surface area (Å²) in [7, 11) is -5.41. The second kappa shape index (κ2) is 9.56. The van der Waals surface area contributed by atoms with Gasteiger partial charge in [0.15, 0.2) is 8.32 Å². The van der Waals surface area contributed by atoms with Gasteiger partial charge in [0.25, 0.3) is 0 Å². The quantitative estimate of drug-likeness (QED) is 0.382. The van der Waals surface area contributed by atoms with Crippen LogP contribution in [0.3, 0.4) is 0 Å². The average molecular weight is 434 g/mol. The Balaban J connectivity index is 2.14. The van der Waals surface area contributed by atoms with Gasteiger partial charge in [-0.1, -0.05) is 68.8 Å². The Morgan fingerprint density at radius 3 is 2.10 bits per heavy atom. The van der Waals surface area contributed by atoms with E-state index >= 15 is 0 Å². The third-order valence-electron chi connectivity index (χ3n) is 5.68. The molecule has 0 unspecified atom stereocenters. The van der Waals surface area contributed by atoms with Crippen LogP contribution in [-0.4, -0.2) is 34.2 Å². The maximum absolute atomic E-state index is 13.3. The molecule has 0 spiro atoms. The highest BCUT2D eigenvalue weighted by Gasteiger charge is 2.37. The molecule has 0 aromatic heterocycles. The first-order chi connectivity index (χ1) is 13.4. The lowest BCUT2D eigenvalue weighted by Crippen LogP contribution is -2.41. The first kappa shape index (κ1) is 23.8. The number of hydrogen-bond donors (Lipinski definition) is 0. The number of aryl methyl sites for hydroxylation is 1. The monoisotopic (exact) mass is 433 g/mol. The minimum atomic E-state index is -3.57. The number of hydrogen-bond acceptors (Lipinski definition) is 3. The van der Waals surface area contributed by atoms with E-state index in [9.17, 15) is 8.42 Å². The first-order valence-corrected chi connectivity index (χ1v) is 14.5. The molecule has 0 radical (unpaired) electrons. The summed E-state index contributed by atoms with van der Waals surface area (Å²) in [5.41, 5.74) is 2.02. The summed E-state index contributed by atoms with van der Waals surface area (Å²) in [5.74, 6) is 0. The molecule has 0 saturated carbocycles. The summed E-state index contributed by atoms with van der Waals surface area (Å²) in [6.45, 7) is 14.4. The molecule has 0 fully saturated rings. The van der Waals surface area contributed by atoms with Crippen molar-refractivity contribution < 1.29 is 12.8 Å². The number of benzene rings is 2. The van der Waals surface area contributed by atoms with Crippen molar-refractivity contribution in [2.45, 2.75) is 63.7 Å². The van der Waals surface area contributed by atoms with Gasteiger partial charge < -0.3 is 4.43 Å². The molecule has 0 bridgehead atoms. The van der Waals surface area contributed by atoms with Crippen LogP contribution in [0.4, 0.5) is 0 Å². The van der Waals surface area contributed by atoms with Crippen molar-refractivity contribution in [1.82, 2.24) is 4.31 Å². The zero-order chi connectivity index (χ0) is 21.7. The summed E-state index contributed by atoms with van der Waals surface area (Å²) in [6, 6.07) is 16.8. The highest BCUT2D eigenvalue weighted by atomic mass is 32.2. The van der Waals surface area contributed by atoms with Gasteiger partial charge in [0.2, 0.25) is 10.0 Å². The minimum Gasteiger partial charge on any atom is -0.417 e. The van der Waals surface area contributed by atoms with Gasteiger partial charge in [0, 0.05) is 19.7 Å². The molecule has 4 nitrogen and oxygen atoms in total. The van der Waals surface area contributed by atoms with Gasteiger partial charge in [-0.3, -0.25) is 0 Å². The second-order valence-electron chi connectivity index (χ2n) is 9.10. The van der Waals surface area contributed by atoms with E-state index in [0.29, 0.717) is 31.0 Å². The summed E-state index contributed by atoms with van der Waals surface area (Å²) >= 11 is 0. The largest absolute Gasteiger partial charge is 0.417 e. The minimum absolute atomic E-state index is 0.144. The van der Waals surface area contributed by atoms with E-state index in [1.54, 1.807) is 16.4 Å². The molecule has 6 heteroatoms. The van der Waals surface area contributed by atoms with Gasteiger partial charge in [-0.15, -0.1) is 0 Å². The fraction of sp³-hybridized carbons (Fsp3) is 0.478. The Hall–Kier alpha value is -1.47. The van der Waals surface area contributed by atoms with Crippen LogP contribution in [0.5, 0.6) is 0 Å². The smallest absolute Gasteiger partial charge is 0.243 e. The van der Waals surface area contributed by atoms with Crippen LogP contribution in [0.2, 0.25) is 18.1 Å². The van der Waals surface area contributed by atoms with Crippen molar-refractivity contribution in [3.8, 4) is 0 Å². The first-order valence-electron chi connectivity index (χ1n) is 10.2. The van der Waals surface area contributed by atoms with E-state index in [0.717, 1.165) is 11.1 Å². The SMILES string of the molecule is Cc1ccc(S(=O)(=O)N(CCCO[Si](C)(C)C(C)(C)C)Cc2ccccc2)cc1. The molecule has 2 aromatic carbocycles. The summed E-state index contributed by atoms with van der Waals surface area (Å²) in [5, 5.41) is 0.144. The van der Waals surface area contributed by atoms with E-state index in [4.69, 9.17) is 4.43 Å². The van der Waals surface area contributed by atoms with Crippen LogP contribution in [0, 0.1) is 6.92 Å². The van der Waals surface area contributed by atoms with E-state index in [1.165, 1.54) is 0 Å². The van der Waals surface area contributed by atoms with Gasteiger partial charge in [0.1, 0.15) is 0 Å². The fourth-order valence-corrected chi connectivity index (χ4v) is 5.27. The van der Waals surface area contributed by atoms with Crippen molar-refractivity contribution in [2.24, 2.45) is 0 Å². The van der Waals surface area contributed by atoms with Crippen LogP contribution < -0.4 is 0 Å². The molecular formula is C23H35NO3SSi. The van der Waals surface area contributed by atoms with E-state index in [2.05, 4.69) is 33.9 Å². The highest BCUT2D eigenvalue weighted by molar-refractivity contribution is 7.89. The molecule has 0 atom stereocenters. The summed E-state index contributed by atoms with van der Waals surface area (Å²) in [6.07, 6.45) is 0.671. The number of sulfonamides is 1. The molecule has 160 valence electrons. The third-order valence-corrected chi connectivity index (χ3v) is 12.1. The molecule has 2 aromatic rings. The zero-order valence-corrected chi connectivity index (χ0v) is 20.4. The molecule has 0 aliphatic rings. The standard InChI is InChI=1S/C23H35NO3SSi/c1-20-13-15-22(16-14-20)28(25,26)24(19-21-11-8-7-9-12-21)17-10-18-27-29(5,6)23(2,3)4/h7-9,11-16H,10,17-19H2,1-6H3. The molecule has 0 aliphatic heterocycles. The Morgan fingerprint density at radius 1 is 0.966 bits per heavy atom. The van der Waals surface area contributed by atoms with E-state index in [1.807, 2.05) is 49.4 Å². The predicted molar refractivity (Wildman–Crippen MR) is 123 cm³/mol. The van der Waals surface area contributed by atoms with Gasteiger partial charge in [-0.25, -0.2) is 8.42 Å². The van der Waals surface area contributed by atoms with Gasteiger partial charge in [0.05, 0.1) is 4.90 Å². The topological polar surface area (TPSA) is 46.6 Å². The molecule has 0 N–H and O–H groups in total. The Kier molecular flexibility index (Phi) is 7.84. The zero-order valence-electron chi connectivity index (χ0n) is 18.6. The molecule has 0 amide bonds. The Morgan fingerprint density at radius 2 is 1.55 bits per heavy atom. The molecule has 0 heterocycles. The summed E-state index contributed by atoms with van der Waals surface area (Å²) < 4.78 is 34.4. The lowest BCUT2D eigenvalue weighted by atomic mass is 10.2. The number of rotatable bonds is 9. The maximum Gasteiger partial charge on any atom is 0.243 e. The Labute approximate surface area is 178 Å². The second-order valence-corrected chi connectivity index (χ2v) is 15.8. The average Bonchev–Trinajstić information content (AvgIpc) is 2.64. The normalized spacial score (nSPS) is 13.1. The molecule has 0 aliphatic carbocycles. The Bertz CT molecular complexity index is 873. The molecule has 0 saturated heterocycles. The number of nitrogens with zero attached hydrogens (tertiary/aromatic N) is 1. The van der Waals surface area contributed by atoms with Gasteiger partial charge in [-0.05, 0) is 49.2 Å². The van der Waals surface area contributed by atoms with Crippen LogP contribution in [-0.2, 0) is 21.0 Å². The van der Waals surface area contributed by atoms with Crippen molar-refractivity contribution >= 4 is 18.3 Å². The predicted octanol–water partition coefficient (Wildman–Crippen LogP) is 5.60. The maximum atomic E-state index is 13.3. The van der Waals surface area contributed by atoms with Crippen LogP contribution in [0.25, 0.3) is 0 Å². The lowest BCUT2D eigenvalue weighted by molar-refractivity contribution is 0.264. The van der Waals surface area contributed by atoms with Gasteiger partial charge in [-0.2, -0.15) is 4.31 Å².